The molecule has 2 saturated heterocycles. The van der Waals surface area contributed by atoms with Crippen molar-refractivity contribution < 1.29 is 14.4 Å². The number of amides is 3. The second kappa shape index (κ2) is 11.8. The Kier molecular flexibility index (Phi) is 8.75. The molecule has 192 valence electrons. The highest BCUT2D eigenvalue weighted by molar-refractivity contribution is 7.99. The highest BCUT2D eigenvalue weighted by Crippen LogP contribution is 2.28. The largest absolute Gasteiger partial charge is 0.353 e. The summed E-state index contributed by atoms with van der Waals surface area (Å²) in [6.45, 7) is 7.92. The third kappa shape index (κ3) is 6.58. The number of anilines is 1. The van der Waals surface area contributed by atoms with E-state index in [9.17, 15) is 14.4 Å². The number of hydrogen-bond donors (Lipinski definition) is 0. The molecule has 1 aliphatic carbocycles. The van der Waals surface area contributed by atoms with Crippen LogP contribution in [-0.2, 0) is 14.4 Å². The van der Waals surface area contributed by atoms with Gasteiger partial charge in [0.05, 0.1) is 5.75 Å². The summed E-state index contributed by atoms with van der Waals surface area (Å²) >= 11 is 7.58. The predicted octanol–water partition coefficient (Wildman–Crippen LogP) is 2.53. The third-order valence-corrected chi connectivity index (χ3v) is 8.28. The molecule has 0 spiro atoms. The molecule has 3 fully saturated rings. The first kappa shape index (κ1) is 26.0. The number of halogens is 1. The number of carbonyl (C=O) groups excluding carboxylic acids is 3. The predicted molar refractivity (Wildman–Crippen MR) is 137 cm³/mol. The molecule has 0 aromatic carbocycles. The molecule has 9 nitrogen and oxygen atoms in total. The summed E-state index contributed by atoms with van der Waals surface area (Å²) in [6, 6.07) is 1.85. The van der Waals surface area contributed by atoms with Crippen molar-refractivity contribution in [1.82, 2.24) is 24.7 Å². The zero-order valence-electron chi connectivity index (χ0n) is 20.6. The van der Waals surface area contributed by atoms with Crippen LogP contribution in [0, 0.1) is 5.92 Å². The lowest BCUT2D eigenvalue weighted by Gasteiger charge is -2.42. The number of piperazine rings is 2. The van der Waals surface area contributed by atoms with Crippen molar-refractivity contribution in [3.8, 4) is 0 Å². The van der Waals surface area contributed by atoms with Crippen molar-refractivity contribution in [3.05, 3.63) is 11.2 Å². The van der Waals surface area contributed by atoms with Crippen molar-refractivity contribution in [2.45, 2.75) is 57.1 Å². The maximum Gasteiger partial charge on any atom is 0.233 e. The van der Waals surface area contributed by atoms with Crippen LogP contribution in [0.5, 0.6) is 0 Å². The molecule has 1 atom stereocenters. The Morgan fingerprint density at radius 1 is 1.00 bits per heavy atom. The SMILES string of the molecule is CC(=O)N1CCN(C(=O)CSc2nc(Cl)cc(N3CCN(C(=O)C4CCCCC4)C(C)C3)n2)CC1. The van der Waals surface area contributed by atoms with Crippen LogP contribution in [-0.4, -0.2) is 100.0 Å². The van der Waals surface area contributed by atoms with Crippen LogP contribution >= 0.6 is 23.4 Å². The first-order chi connectivity index (χ1) is 16.8. The van der Waals surface area contributed by atoms with Crippen molar-refractivity contribution in [3.63, 3.8) is 0 Å². The van der Waals surface area contributed by atoms with Gasteiger partial charge in [-0.3, -0.25) is 14.4 Å². The maximum atomic E-state index is 13.0. The highest BCUT2D eigenvalue weighted by atomic mass is 35.5. The minimum atomic E-state index is 0.00629. The Morgan fingerprint density at radius 2 is 1.69 bits per heavy atom. The van der Waals surface area contributed by atoms with Gasteiger partial charge in [0.15, 0.2) is 5.16 Å². The van der Waals surface area contributed by atoms with E-state index in [1.807, 2.05) is 4.90 Å². The van der Waals surface area contributed by atoms with Crippen LogP contribution in [0.4, 0.5) is 5.82 Å². The standard InChI is InChI=1S/C24H35ClN6O3S/c1-17-15-30(12-13-31(17)23(34)19-6-4-3-5-7-19)21-14-20(25)26-24(27-21)35-16-22(33)29-10-8-28(9-11-29)18(2)32/h14,17,19H,3-13,15-16H2,1-2H3. The Labute approximate surface area is 216 Å². The van der Waals surface area contributed by atoms with Crippen molar-refractivity contribution in [2.75, 3.05) is 56.5 Å². The fraction of sp³-hybridized carbons (Fsp3) is 0.708. The monoisotopic (exact) mass is 522 g/mol. The lowest BCUT2D eigenvalue weighted by atomic mass is 9.88. The van der Waals surface area contributed by atoms with Gasteiger partial charge in [-0.25, -0.2) is 9.97 Å². The molecule has 2 aliphatic heterocycles. The van der Waals surface area contributed by atoms with Gasteiger partial charge < -0.3 is 19.6 Å². The van der Waals surface area contributed by atoms with E-state index >= 15 is 0 Å². The van der Waals surface area contributed by atoms with Gasteiger partial charge >= 0.3 is 0 Å². The van der Waals surface area contributed by atoms with E-state index in [2.05, 4.69) is 21.8 Å². The average Bonchev–Trinajstić information content (AvgIpc) is 2.87. The Morgan fingerprint density at radius 3 is 2.34 bits per heavy atom. The smallest absolute Gasteiger partial charge is 0.233 e. The number of carbonyl (C=O) groups is 3. The van der Waals surface area contributed by atoms with Gasteiger partial charge in [0.1, 0.15) is 11.0 Å². The normalized spacial score (nSPS) is 21.9. The summed E-state index contributed by atoms with van der Waals surface area (Å²) in [6.07, 6.45) is 5.57. The highest BCUT2D eigenvalue weighted by Gasteiger charge is 2.33. The topological polar surface area (TPSA) is 90.0 Å². The van der Waals surface area contributed by atoms with Gasteiger partial charge in [0, 0.05) is 70.8 Å². The minimum absolute atomic E-state index is 0.00629. The summed E-state index contributed by atoms with van der Waals surface area (Å²) in [7, 11) is 0. The molecule has 0 bridgehead atoms. The number of nitrogens with zero attached hydrogens (tertiary/aromatic N) is 6. The van der Waals surface area contributed by atoms with Gasteiger partial charge in [-0.15, -0.1) is 0 Å². The number of aromatic nitrogens is 2. The van der Waals surface area contributed by atoms with Crippen molar-refractivity contribution in [1.29, 1.82) is 0 Å². The Balaban J connectivity index is 1.31. The lowest BCUT2D eigenvalue weighted by Crippen LogP contribution is -2.55. The minimum Gasteiger partial charge on any atom is -0.353 e. The summed E-state index contributed by atoms with van der Waals surface area (Å²) in [4.78, 5) is 53.9. The van der Waals surface area contributed by atoms with E-state index < -0.39 is 0 Å². The lowest BCUT2D eigenvalue weighted by molar-refractivity contribution is -0.139. The molecular formula is C24H35ClN6O3S. The molecule has 1 saturated carbocycles. The molecule has 1 aromatic rings. The van der Waals surface area contributed by atoms with Crippen LogP contribution in [0.2, 0.25) is 5.15 Å². The summed E-state index contributed by atoms with van der Waals surface area (Å²) in [5.41, 5.74) is 0. The molecule has 3 heterocycles. The van der Waals surface area contributed by atoms with Crippen LogP contribution in [0.15, 0.2) is 11.2 Å². The average molecular weight is 523 g/mol. The van der Waals surface area contributed by atoms with Gasteiger partial charge in [0.2, 0.25) is 17.7 Å². The number of thioether (sulfide) groups is 1. The van der Waals surface area contributed by atoms with E-state index in [0.717, 1.165) is 31.5 Å². The van der Waals surface area contributed by atoms with Crippen LogP contribution in [0.1, 0.15) is 46.0 Å². The molecule has 3 aliphatic rings. The zero-order valence-corrected chi connectivity index (χ0v) is 22.2. The molecule has 35 heavy (non-hydrogen) atoms. The molecule has 0 radical (unpaired) electrons. The van der Waals surface area contributed by atoms with Gasteiger partial charge in [0.25, 0.3) is 0 Å². The first-order valence-corrected chi connectivity index (χ1v) is 13.9. The van der Waals surface area contributed by atoms with Crippen LogP contribution in [0.25, 0.3) is 0 Å². The molecule has 4 rings (SSSR count). The van der Waals surface area contributed by atoms with Gasteiger partial charge in [-0.1, -0.05) is 42.6 Å². The third-order valence-electron chi connectivity index (χ3n) is 7.25. The fourth-order valence-corrected chi connectivity index (χ4v) is 6.16. The van der Waals surface area contributed by atoms with Crippen molar-refractivity contribution >= 4 is 46.9 Å². The number of rotatable bonds is 5. The molecular weight excluding hydrogens is 488 g/mol. The Bertz CT molecular complexity index is 936. The first-order valence-electron chi connectivity index (χ1n) is 12.6. The number of hydrogen-bond acceptors (Lipinski definition) is 7. The fourth-order valence-electron chi connectivity index (χ4n) is 5.18. The summed E-state index contributed by atoms with van der Waals surface area (Å²) in [5, 5.41) is 0.810. The van der Waals surface area contributed by atoms with E-state index in [0.29, 0.717) is 62.0 Å². The van der Waals surface area contributed by atoms with Crippen LogP contribution in [0.3, 0.4) is 0 Å². The zero-order chi connectivity index (χ0) is 24.9. The van der Waals surface area contributed by atoms with E-state index in [4.69, 9.17) is 11.6 Å². The maximum absolute atomic E-state index is 13.0. The molecule has 1 aromatic heterocycles. The van der Waals surface area contributed by atoms with E-state index in [-0.39, 0.29) is 29.5 Å². The second-order valence-electron chi connectivity index (χ2n) is 9.67. The molecule has 0 N–H and O–H groups in total. The quantitative estimate of drug-likeness (QED) is 0.333. The van der Waals surface area contributed by atoms with E-state index in [1.54, 1.807) is 22.8 Å². The second-order valence-corrected chi connectivity index (χ2v) is 11.0. The Hall–Kier alpha value is -2.07. The van der Waals surface area contributed by atoms with E-state index in [1.165, 1.54) is 18.2 Å². The van der Waals surface area contributed by atoms with Crippen LogP contribution < -0.4 is 4.90 Å². The summed E-state index contributed by atoms with van der Waals surface area (Å²) < 4.78 is 0. The molecule has 3 amide bonds. The van der Waals surface area contributed by atoms with Gasteiger partial charge in [-0.2, -0.15) is 0 Å². The molecule has 11 heteroatoms. The van der Waals surface area contributed by atoms with Crippen molar-refractivity contribution in [2.24, 2.45) is 5.92 Å². The summed E-state index contributed by atoms with van der Waals surface area (Å²) in [5.74, 6) is 1.48. The molecule has 1 unspecified atom stereocenters. The van der Waals surface area contributed by atoms with Gasteiger partial charge in [-0.05, 0) is 19.8 Å².